The van der Waals surface area contributed by atoms with Crippen molar-refractivity contribution >= 4 is 23.3 Å². The number of nitrogens with zero attached hydrogens (tertiary/aromatic N) is 4. The number of pyridine rings is 1. The van der Waals surface area contributed by atoms with Gasteiger partial charge in [-0.3, -0.25) is 0 Å². The van der Waals surface area contributed by atoms with Gasteiger partial charge < -0.3 is 25.2 Å². The van der Waals surface area contributed by atoms with Gasteiger partial charge in [0.2, 0.25) is 0 Å². The Labute approximate surface area is 208 Å². The molecule has 1 aliphatic heterocycles. The van der Waals surface area contributed by atoms with E-state index in [0.717, 1.165) is 50.3 Å². The number of hydrogen-bond acceptors (Lipinski definition) is 7. The smallest absolute Gasteiger partial charge is 0.410 e. The van der Waals surface area contributed by atoms with Crippen molar-refractivity contribution in [3.05, 3.63) is 48.2 Å². The van der Waals surface area contributed by atoms with Crippen LogP contribution in [0.3, 0.4) is 0 Å². The van der Waals surface area contributed by atoms with Crippen molar-refractivity contribution in [2.45, 2.75) is 64.1 Å². The van der Waals surface area contributed by atoms with Crippen LogP contribution in [0, 0.1) is 11.3 Å². The molecule has 1 amide bonds. The van der Waals surface area contributed by atoms with Gasteiger partial charge in [0.1, 0.15) is 17.5 Å². The molecular weight excluding hydrogens is 440 g/mol. The van der Waals surface area contributed by atoms with Crippen molar-refractivity contribution in [3.63, 3.8) is 0 Å². The zero-order valence-electron chi connectivity index (χ0n) is 21.0. The first kappa shape index (κ1) is 24.6. The maximum Gasteiger partial charge on any atom is 0.410 e. The van der Waals surface area contributed by atoms with Crippen LogP contribution >= 0.6 is 0 Å². The third kappa shape index (κ3) is 7.01. The van der Waals surface area contributed by atoms with Gasteiger partial charge in [0.25, 0.3) is 0 Å². The third-order valence-electron chi connectivity index (χ3n) is 6.51. The summed E-state index contributed by atoms with van der Waals surface area (Å²) in [4.78, 5) is 20.7. The molecule has 0 atom stereocenters. The normalized spacial score (nSPS) is 20.6. The summed E-state index contributed by atoms with van der Waals surface area (Å²) in [5.41, 5.74) is 2.45. The predicted octanol–water partition coefficient (Wildman–Crippen LogP) is 4.85. The second-order valence-corrected chi connectivity index (χ2v) is 10.4. The lowest BCUT2D eigenvalue weighted by molar-refractivity contribution is 0.0240. The van der Waals surface area contributed by atoms with Crippen LogP contribution in [0.4, 0.5) is 22.0 Å². The van der Waals surface area contributed by atoms with E-state index in [2.05, 4.69) is 50.9 Å². The van der Waals surface area contributed by atoms with Crippen molar-refractivity contribution in [1.29, 1.82) is 5.26 Å². The summed E-state index contributed by atoms with van der Waals surface area (Å²) in [6.07, 6.45) is 5.75. The number of carbonyl (C=O) groups is 1. The fourth-order valence-electron chi connectivity index (χ4n) is 4.61. The summed E-state index contributed by atoms with van der Waals surface area (Å²) >= 11 is 0. The highest BCUT2D eigenvalue weighted by Gasteiger charge is 2.26. The molecule has 8 heteroatoms. The summed E-state index contributed by atoms with van der Waals surface area (Å²) in [5, 5.41) is 16.1. The van der Waals surface area contributed by atoms with Gasteiger partial charge in [-0.25, -0.2) is 9.78 Å². The fourth-order valence-corrected chi connectivity index (χ4v) is 4.61. The number of carbonyl (C=O) groups excluding carboxylic acids is 1. The molecule has 186 valence electrons. The molecule has 0 radical (unpaired) electrons. The van der Waals surface area contributed by atoms with Gasteiger partial charge in [0.05, 0.1) is 5.56 Å². The number of nitrogens with one attached hydrogen (secondary N) is 2. The molecule has 2 heterocycles. The maximum atomic E-state index is 12.3. The average molecular weight is 477 g/mol. The summed E-state index contributed by atoms with van der Waals surface area (Å²) in [6.45, 7) is 8.64. The van der Waals surface area contributed by atoms with E-state index in [-0.39, 0.29) is 6.09 Å². The van der Waals surface area contributed by atoms with Crippen LogP contribution in [-0.2, 0) is 4.74 Å². The molecule has 2 aromatic rings. The van der Waals surface area contributed by atoms with Crippen LogP contribution in [0.5, 0.6) is 0 Å². The molecule has 2 aliphatic rings. The van der Waals surface area contributed by atoms with Crippen LogP contribution in [0.25, 0.3) is 0 Å². The van der Waals surface area contributed by atoms with E-state index in [1.807, 2.05) is 26.8 Å². The summed E-state index contributed by atoms with van der Waals surface area (Å²) in [7, 11) is 0. The van der Waals surface area contributed by atoms with Crippen LogP contribution in [0.1, 0.15) is 52.0 Å². The Morgan fingerprint density at radius 2 is 1.60 bits per heavy atom. The van der Waals surface area contributed by atoms with E-state index in [9.17, 15) is 4.79 Å². The van der Waals surface area contributed by atoms with E-state index in [1.54, 1.807) is 17.2 Å². The lowest BCUT2D eigenvalue weighted by Gasteiger charge is -2.37. The Hall–Kier alpha value is -3.47. The molecule has 8 nitrogen and oxygen atoms in total. The highest BCUT2D eigenvalue weighted by atomic mass is 16.6. The van der Waals surface area contributed by atoms with Gasteiger partial charge in [0.15, 0.2) is 0 Å². The Balaban J connectivity index is 1.20. The molecule has 2 fully saturated rings. The molecule has 4 rings (SSSR count). The second kappa shape index (κ2) is 10.9. The van der Waals surface area contributed by atoms with Gasteiger partial charge in [0, 0.05) is 55.8 Å². The lowest BCUT2D eigenvalue weighted by Crippen LogP contribution is -2.50. The molecule has 1 aromatic heterocycles. The van der Waals surface area contributed by atoms with Gasteiger partial charge in [-0.05, 0) is 82.9 Å². The number of piperazine rings is 1. The topological polar surface area (TPSA) is 93.5 Å². The zero-order chi connectivity index (χ0) is 24.8. The molecule has 1 aromatic carbocycles. The number of ether oxygens (including phenoxy) is 1. The summed E-state index contributed by atoms with van der Waals surface area (Å²) in [5.74, 6) is 0.836. The molecule has 0 bridgehead atoms. The van der Waals surface area contributed by atoms with E-state index in [4.69, 9.17) is 10.00 Å². The van der Waals surface area contributed by atoms with Gasteiger partial charge >= 0.3 is 6.09 Å². The van der Waals surface area contributed by atoms with Crippen molar-refractivity contribution in [2.75, 3.05) is 41.7 Å². The number of rotatable bonds is 5. The monoisotopic (exact) mass is 476 g/mol. The number of amides is 1. The standard InChI is InChI=1S/C27H36N6O2/c1-27(2,3)35-26(34)33-16-14-32(15-17-33)24-11-9-22(10-12-24)30-21-5-7-23(8-6-21)31-25-13-4-20(18-28)19-29-25/h4,9-13,19,21,23,30H,5-8,14-17H2,1-3H3,(H,29,31). The van der Waals surface area contributed by atoms with Gasteiger partial charge in [-0.1, -0.05) is 0 Å². The van der Waals surface area contributed by atoms with Gasteiger partial charge in [-0.2, -0.15) is 5.26 Å². The highest BCUT2D eigenvalue weighted by Crippen LogP contribution is 2.26. The predicted molar refractivity (Wildman–Crippen MR) is 139 cm³/mol. The molecular formula is C27H36N6O2. The van der Waals surface area contributed by atoms with Crippen molar-refractivity contribution in [3.8, 4) is 6.07 Å². The molecule has 0 unspecified atom stereocenters. The first-order valence-corrected chi connectivity index (χ1v) is 12.5. The number of anilines is 3. The first-order chi connectivity index (χ1) is 16.8. The molecule has 2 N–H and O–H groups in total. The number of benzene rings is 1. The highest BCUT2D eigenvalue weighted by molar-refractivity contribution is 5.68. The number of hydrogen-bond donors (Lipinski definition) is 2. The quantitative estimate of drug-likeness (QED) is 0.637. The van der Waals surface area contributed by atoms with Crippen LogP contribution in [0.2, 0.25) is 0 Å². The second-order valence-electron chi connectivity index (χ2n) is 10.4. The van der Waals surface area contributed by atoms with E-state index in [0.29, 0.717) is 30.7 Å². The Morgan fingerprint density at radius 3 is 2.14 bits per heavy atom. The molecule has 0 spiro atoms. The minimum atomic E-state index is -0.463. The van der Waals surface area contributed by atoms with Crippen LogP contribution in [-0.4, -0.2) is 59.8 Å². The molecule has 1 saturated carbocycles. The average Bonchev–Trinajstić information content (AvgIpc) is 2.85. The summed E-state index contributed by atoms with van der Waals surface area (Å²) in [6, 6.07) is 15.3. The molecule has 1 aliphatic carbocycles. The Morgan fingerprint density at radius 1 is 0.971 bits per heavy atom. The number of nitriles is 1. The third-order valence-corrected chi connectivity index (χ3v) is 6.51. The molecule has 35 heavy (non-hydrogen) atoms. The van der Waals surface area contributed by atoms with E-state index in [1.165, 1.54) is 5.69 Å². The Bertz CT molecular complexity index is 1010. The minimum Gasteiger partial charge on any atom is -0.444 e. The van der Waals surface area contributed by atoms with Gasteiger partial charge in [-0.15, -0.1) is 0 Å². The van der Waals surface area contributed by atoms with Crippen molar-refractivity contribution in [2.24, 2.45) is 0 Å². The van der Waals surface area contributed by atoms with E-state index >= 15 is 0 Å². The van der Waals surface area contributed by atoms with E-state index < -0.39 is 5.60 Å². The van der Waals surface area contributed by atoms with Crippen LogP contribution < -0.4 is 15.5 Å². The largest absolute Gasteiger partial charge is 0.444 e. The summed E-state index contributed by atoms with van der Waals surface area (Å²) < 4.78 is 5.49. The first-order valence-electron chi connectivity index (χ1n) is 12.5. The lowest BCUT2D eigenvalue weighted by atomic mass is 9.91. The van der Waals surface area contributed by atoms with Crippen LogP contribution in [0.15, 0.2) is 42.6 Å². The maximum absolute atomic E-state index is 12.3. The van der Waals surface area contributed by atoms with Crippen molar-refractivity contribution in [1.82, 2.24) is 9.88 Å². The zero-order valence-corrected chi connectivity index (χ0v) is 21.0. The minimum absolute atomic E-state index is 0.227. The molecule has 1 saturated heterocycles. The fraction of sp³-hybridized carbons (Fsp3) is 0.519. The van der Waals surface area contributed by atoms with Crippen molar-refractivity contribution < 1.29 is 9.53 Å². The number of aromatic nitrogens is 1. The Kier molecular flexibility index (Phi) is 7.64. The SMILES string of the molecule is CC(C)(C)OC(=O)N1CCN(c2ccc(NC3CCC(Nc4ccc(C#N)cn4)CC3)cc2)CC1.